The molecule has 0 aliphatic heterocycles. The quantitative estimate of drug-likeness (QED) is 0.727. The van der Waals surface area contributed by atoms with Crippen molar-refractivity contribution in [2.45, 2.75) is 32.7 Å². The molecule has 1 aromatic carbocycles. The first-order valence-corrected chi connectivity index (χ1v) is 8.84. The van der Waals surface area contributed by atoms with Crippen molar-refractivity contribution in [3.63, 3.8) is 0 Å². The molecule has 0 unspecified atom stereocenters. The highest BCUT2D eigenvalue weighted by Gasteiger charge is 2.19. The number of amides is 2. The number of nitrogens with zero attached hydrogens (tertiary/aromatic N) is 2. The van der Waals surface area contributed by atoms with Crippen molar-refractivity contribution >= 4 is 17.8 Å². The summed E-state index contributed by atoms with van der Waals surface area (Å²) in [5, 5.41) is 2.76. The van der Waals surface area contributed by atoms with Gasteiger partial charge in [0.1, 0.15) is 6.26 Å². The molecule has 0 spiro atoms. The standard InChI is InChI=1S/C20H25N3O5/c1-20(2,3)22-16(24)11-23(4)17(25)13-27-18(26)10-15-12-28-19(21-15)14-8-6-5-7-9-14/h5-9,12H,10-11,13H2,1-4H3,(H,22,24). The lowest BCUT2D eigenvalue weighted by molar-refractivity contribution is -0.151. The molecule has 2 aromatic rings. The maximum atomic E-state index is 12.0. The molecule has 0 aliphatic carbocycles. The Bertz CT molecular complexity index is 824. The molecule has 0 saturated carbocycles. The minimum Gasteiger partial charge on any atom is -0.455 e. The molecule has 150 valence electrons. The Morgan fingerprint density at radius 2 is 1.86 bits per heavy atom. The zero-order valence-electron chi connectivity index (χ0n) is 16.5. The number of carbonyl (C=O) groups excluding carboxylic acids is 3. The molecule has 0 bridgehead atoms. The summed E-state index contributed by atoms with van der Waals surface area (Å²) in [6.07, 6.45) is 1.27. The summed E-state index contributed by atoms with van der Waals surface area (Å²) in [6, 6.07) is 9.29. The van der Waals surface area contributed by atoms with Crippen molar-refractivity contribution in [2.75, 3.05) is 20.2 Å². The SMILES string of the molecule is CN(CC(=O)NC(C)(C)C)C(=O)COC(=O)Cc1coc(-c2ccccc2)n1. The van der Waals surface area contributed by atoms with E-state index in [0.717, 1.165) is 5.56 Å². The molecule has 1 N–H and O–H groups in total. The third kappa shape index (κ3) is 6.86. The topological polar surface area (TPSA) is 102 Å². The number of oxazole rings is 1. The second-order valence-electron chi connectivity index (χ2n) is 7.40. The minimum absolute atomic E-state index is 0.113. The van der Waals surface area contributed by atoms with E-state index in [1.165, 1.54) is 18.2 Å². The van der Waals surface area contributed by atoms with Gasteiger partial charge in [-0.2, -0.15) is 0 Å². The molecule has 0 aliphatic rings. The molecule has 1 heterocycles. The summed E-state index contributed by atoms with van der Waals surface area (Å²) in [5.41, 5.74) is 0.825. The van der Waals surface area contributed by atoms with Gasteiger partial charge < -0.3 is 19.4 Å². The first-order valence-electron chi connectivity index (χ1n) is 8.84. The summed E-state index contributed by atoms with van der Waals surface area (Å²) in [6.45, 7) is 4.99. The van der Waals surface area contributed by atoms with E-state index in [9.17, 15) is 14.4 Å². The van der Waals surface area contributed by atoms with Crippen LogP contribution in [0.5, 0.6) is 0 Å². The van der Waals surface area contributed by atoms with Crippen LogP contribution in [0.1, 0.15) is 26.5 Å². The largest absolute Gasteiger partial charge is 0.455 e. The number of rotatable bonds is 7. The van der Waals surface area contributed by atoms with Crippen LogP contribution in [-0.4, -0.2) is 53.4 Å². The van der Waals surface area contributed by atoms with E-state index >= 15 is 0 Å². The molecule has 0 fully saturated rings. The summed E-state index contributed by atoms with van der Waals surface area (Å²) in [5.74, 6) is -0.953. The Morgan fingerprint density at radius 3 is 2.50 bits per heavy atom. The Kier molecular flexibility index (Phi) is 6.92. The van der Waals surface area contributed by atoms with E-state index in [1.807, 2.05) is 51.1 Å². The van der Waals surface area contributed by atoms with Crippen LogP contribution >= 0.6 is 0 Å². The third-order valence-corrected chi connectivity index (χ3v) is 3.58. The maximum Gasteiger partial charge on any atom is 0.312 e. The number of nitrogens with one attached hydrogen (secondary N) is 1. The lowest BCUT2D eigenvalue weighted by atomic mass is 10.1. The molecule has 0 radical (unpaired) electrons. The van der Waals surface area contributed by atoms with E-state index in [0.29, 0.717) is 11.6 Å². The van der Waals surface area contributed by atoms with Crippen LogP contribution in [0.25, 0.3) is 11.5 Å². The normalized spacial score (nSPS) is 11.0. The molecule has 8 nitrogen and oxygen atoms in total. The average molecular weight is 387 g/mol. The van der Waals surface area contributed by atoms with Gasteiger partial charge in [0.15, 0.2) is 6.61 Å². The molecule has 0 saturated heterocycles. The van der Waals surface area contributed by atoms with Gasteiger partial charge in [-0.05, 0) is 32.9 Å². The Morgan fingerprint density at radius 1 is 1.18 bits per heavy atom. The van der Waals surface area contributed by atoms with E-state index in [1.54, 1.807) is 0 Å². The number of hydrogen-bond donors (Lipinski definition) is 1. The smallest absolute Gasteiger partial charge is 0.312 e. The first kappa shape index (κ1) is 21.1. The van der Waals surface area contributed by atoms with Crippen LogP contribution in [0.4, 0.5) is 0 Å². The highest BCUT2D eigenvalue weighted by atomic mass is 16.5. The number of ether oxygens (including phenoxy) is 1. The fraction of sp³-hybridized carbons (Fsp3) is 0.400. The number of carbonyl (C=O) groups is 3. The van der Waals surface area contributed by atoms with Crippen LogP contribution in [-0.2, 0) is 25.5 Å². The van der Waals surface area contributed by atoms with E-state index in [4.69, 9.17) is 9.15 Å². The number of benzene rings is 1. The summed E-state index contributed by atoms with van der Waals surface area (Å²) >= 11 is 0. The average Bonchev–Trinajstić information content (AvgIpc) is 3.07. The van der Waals surface area contributed by atoms with Crippen LogP contribution in [0, 0.1) is 0 Å². The summed E-state index contributed by atoms with van der Waals surface area (Å²) < 4.78 is 10.3. The zero-order valence-corrected chi connectivity index (χ0v) is 16.5. The van der Waals surface area contributed by atoms with Gasteiger partial charge in [0.25, 0.3) is 5.91 Å². The second kappa shape index (κ2) is 9.16. The summed E-state index contributed by atoms with van der Waals surface area (Å²) in [4.78, 5) is 41.3. The fourth-order valence-electron chi connectivity index (χ4n) is 2.31. The molecule has 28 heavy (non-hydrogen) atoms. The van der Waals surface area contributed by atoms with Crippen molar-refractivity contribution in [1.82, 2.24) is 15.2 Å². The fourth-order valence-corrected chi connectivity index (χ4v) is 2.31. The lowest BCUT2D eigenvalue weighted by Crippen LogP contribution is -2.46. The number of esters is 1. The van der Waals surface area contributed by atoms with Gasteiger partial charge >= 0.3 is 5.97 Å². The van der Waals surface area contributed by atoms with Crippen molar-refractivity contribution in [3.05, 3.63) is 42.3 Å². The highest BCUT2D eigenvalue weighted by molar-refractivity contribution is 5.86. The van der Waals surface area contributed by atoms with Gasteiger partial charge in [0.2, 0.25) is 11.8 Å². The van der Waals surface area contributed by atoms with Crippen molar-refractivity contribution < 1.29 is 23.5 Å². The molecular formula is C20H25N3O5. The van der Waals surface area contributed by atoms with Gasteiger partial charge in [-0.15, -0.1) is 0 Å². The molecule has 2 amide bonds. The van der Waals surface area contributed by atoms with Crippen LogP contribution in [0.3, 0.4) is 0 Å². The van der Waals surface area contributed by atoms with Gasteiger partial charge in [0, 0.05) is 18.2 Å². The predicted octanol–water partition coefficient (Wildman–Crippen LogP) is 1.80. The second-order valence-corrected chi connectivity index (χ2v) is 7.40. The van der Waals surface area contributed by atoms with Crippen LogP contribution in [0.2, 0.25) is 0 Å². The maximum absolute atomic E-state index is 12.0. The number of aromatic nitrogens is 1. The monoisotopic (exact) mass is 387 g/mol. The van der Waals surface area contributed by atoms with Crippen LogP contribution in [0.15, 0.2) is 41.0 Å². The number of hydrogen-bond acceptors (Lipinski definition) is 6. The molecule has 2 rings (SSSR count). The van der Waals surface area contributed by atoms with Gasteiger partial charge in [0.05, 0.1) is 18.7 Å². The number of likely N-dealkylation sites (N-methyl/N-ethyl adjacent to an activating group) is 1. The predicted molar refractivity (Wildman–Crippen MR) is 102 cm³/mol. The zero-order chi connectivity index (χ0) is 20.7. The van der Waals surface area contributed by atoms with E-state index in [-0.39, 0.29) is 24.4 Å². The molecule has 8 heteroatoms. The summed E-state index contributed by atoms with van der Waals surface area (Å²) in [7, 11) is 1.47. The Labute approximate surface area is 163 Å². The highest BCUT2D eigenvalue weighted by Crippen LogP contribution is 2.18. The Hall–Kier alpha value is -3.16. The lowest BCUT2D eigenvalue weighted by Gasteiger charge is -2.23. The molecular weight excluding hydrogens is 362 g/mol. The van der Waals surface area contributed by atoms with E-state index in [2.05, 4.69) is 10.3 Å². The van der Waals surface area contributed by atoms with Gasteiger partial charge in [-0.3, -0.25) is 14.4 Å². The van der Waals surface area contributed by atoms with Gasteiger partial charge in [-0.1, -0.05) is 18.2 Å². The van der Waals surface area contributed by atoms with Crippen LogP contribution < -0.4 is 5.32 Å². The van der Waals surface area contributed by atoms with Gasteiger partial charge in [-0.25, -0.2) is 4.98 Å². The van der Waals surface area contributed by atoms with Crippen molar-refractivity contribution in [3.8, 4) is 11.5 Å². The van der Waals surface area contributed by atoms with Crippen molar-refractivity contribution in [2.24, 2.45) is 0 Å². The van der Waals surface area contributed by atoms with Crippen molar-refractivity contribution in [1.29, 1.82) is 0 Å². The molecule has 1 aromatic heterocycles. The Balaban J connectivity index is 1.78. The first-order chi connectivity index (χ1) is 13.1. The van der Waals surface area contributed by atoms with E-state index < -0.39 is 18.5 Å². The minimum atomic E-state index is -0.603. The molecule has 0 atom stereocenters. The third-order valence-electron chi connectivity index (χ3n) is 3.58.